The smallest absolute Gasteiger partial charge is 0.194 e. The summed E-state index contributed by atoms with van der Waals surface area (Å²) in [6, 6.07) is 10.1. The van der Waals surface area contributed by atoms with Gasteiger partial charge in [0.15, 0.2) is 6.29 Å². The zero-order valence-corrected chi connectivity index (χ0v) is 8.99. The molecule has 78 valence electrons. The van der Waals surface area contributed by atoms with Crippen LogP contribution in [-0.4, -0.2) is 12.0 Å². The molecule has 2 N–H and O–H groups in total. The van der Waals surface area contributed by atoms with Gasteiger partial charge in [0.05, 0.1) is 0 Å². The number of nitrogens with zero attached hydrogens (tertiary/aromatic N) is 1. The van der Waals surface area contributed by atoms with E-state index >= 15 is 0 Å². The summed E-state index contributed by atoms with van der Waals surface area (Å²) in [4.78, 5) is 4.45. The van der Waals surface area contributed by atoms with Crippen molar-refractivity contribution < 1.29 is 0 Å². The number of aliphatic imine (C=N–C) groups is 1. The van der Waals surface area contributed by atoms with Crippen molar-refractivity contribution in [2.45, 2.75) is 20.1 Å². The highest BCUT2D eigenvalue weighted by Crippen LogP contribution is 2.09. The number of hydrogen-bond donors (Lipinski definition) is 2. The van der Waals surface area contributed by atoms with Crippen LogP contribution >= 0.6 is 0 Å². The monoisotopic (exact) mass is 201 g/mol. The standard InChI is InChI=1S/C12H15N3/c1-9-8-10(2)14-12(13-9)15-11-6-4-3-5-7-11/h3-8,12-13,15H,1-2H3. The first kappa shape index (κ1) is 9.77. The van der Waals surface area contributed by atoms with Gasteiger partial charge in [-0.25, -0.2) is 4.99 Å². The molecule has 0 fully saturated rings. The van der Waals surface area contributed by atoms with Gasteiger partial charge in [0.2, 0.25) is 0 Å². The molecule has 0 aromatic heterocycles. The quantitative estimate of drug-likeness (QED) is 0.770. The molecule has 0 radical (unpaired) electrons. The van der Waals surface area contributed by atoms with Crippen molar-refractivity contribution >= 4 is 11.4 Å². The van der Waals surface area contributed by atoms with E-state index in [1.807, 2.05) is 50.3 Å². The van der Waals surface area contributed by atoms with E-state index in [-0.39, 0.29) is 6.29 Å². The van der Waals surface area contributed by atoms with E-state index < -0.39 is 0 Å². The lowest BCUT2D eigenvalue weighted by Crippen LogP contribution is -2.36. The first-order chi connectivity index (χ1) is 7.24. The number of allylic oxidation sites excluding steroid dienone is 2. The van der Waals surface area contributed by atoms with Crippen LogP contribution in [0.4, 0.5) is 5.69 Å². The SMILES string of the molecule is CC1=CC(C)=NC(Nc2ccccc2)N1. The van der Waals surface area contributed by atoms with Gasteiger partial charge in [-0.2, -0.15) is 0 Å². The molecule has 2 rings (SSSR count). The predicted molar refractivity (Wildman–Crippen MR) is 63.9 cm³/mol. The number of anilines is 1. The Hall–Kier alpha value is -1.77. The van der Waals surface area contributed by atoms with Crippen molar-refractivity contribution in [3.8, 4) is 0 Å². The Morgan fingerprint density at radius 1 is 1.20 bits per heavy atom. The summed E-state index contributed by atoms with van der Waals surface area (Å²) in [5.41, 5.74) is 3.25. The summed E-state index contributed by atoms with van der Waals surface area (Å²) in [5.74, 6) is 0. The van der Waals surface area contributed by atoms with Gasteiger partial charge in [-0.1, -0.05) is 18.2 Å². The van der Waals surface area contributed by atoms with Crippen molar-refractivity contribution in [3.63, 3.8) is 0 Å². The predicted octanol–water partition coefficient (Wildman–Crippen LogP) is 2.35. The second kappa shape index (κ2) is 4.17. The van der Waals surface area contributed by atoms with E-state index in [1.165, 1.54) is 0 Å². The van der Waals surface area contributed by atoms with Crippen molar-refractivity contribution in [2.75, 3.05) is 5.32 Å². The molecule has 0 amide bonds. The van der Waals surface area contributed by atoms with Crippen LogP contribution in [0.1, 0.15) is 13.8 Å². The van der Waals surface area contributed by atoms with Crippen molar-refractivity contribution in [1.82, 2.24) is 5.32 Å². The fourth-order valence-electron chi connectivity index (χ4n) is 1.60. The molecule has 1 aliphatic rings. The van der Waals surface area contributed by atoms with Crippen LogP contribution in [0.25, 0.3) is 0 Å². The van der Waals surface area contributed by atoms with Gasteiger partial charge in [0, 0.05) is 17.1 Å². The highest BCUT2D eigenvalue weighted by molar-refractivity contribution is 5.94. The third kappa shape index (κ3) is 2.59. The molecule has 0 saturated heterocycles. The third-order valence-corrected chi connectivity index (χ3v) is 2.20. The molecule has 0 saturated carbocycles. The lowest BCUT2D eigenvalue weighted by molar-refractivity contribution is 0.648. The molecule has 1 aromatic rings. The molecule has 1 aromatic carbocycles. The molecule has 1 heterocycles. The largest absolute Gasteiger partial charge is 0.351 e. The topological polar surface area (TPSA) is 36.4 Å². The van der Waals surface area contributed by atoms with Gasteiger partial charge in [0.1, 0.15) is 0 Å². The van der Waals surface area contributed by atoms with Crippen LogP contribution < -0.4 is 10.6 Å². The van der Waals surface area contributed by atoms with E-state index in [0.717, 1.165) is 17.1 Å². The minimum Gasteiger partial charge on any atom is -0.351 e. The van der Waals surface area contributed by atoms with Gasteiger partial charge in [-0.15, -0.1) is 0 Å². The maximum absolute atomic E-state index is 4.45. The lowest BCUT2D eigenvalue weighted by Gasteiger charge is -2.22. The minimum atomic E-state index is -0.0580. The van der Waals surface area contributed by atoms with E-state index in [9.17, 15) is 0 Å². The summed E-state index contributed by atoms with van der Waals surface area (Å²) in [5, 5.41) is 6.56. The minimum absolute atomic E-state index is 0.0580. The molecule has 0 bridgehead atoms. The highest BCUT2D eigenvalue weighted by Gasteiger charge is 2.09. The number of para-hydroxylation sites is 1. The van der Waals surface area contributed by atoms with Crippen LogP contribution in [0.3, 0.4) is 0 Å². The van der Waals surface area contributed by atoms with Crippen LogP contribution in [0.5, 0.6) is 0 Å². The Kier molecular flexibility index (Phi) is 2.72. The molecule has 1 atom stereocenters. The van der Waals surface area contributed by atoms with Gasteiger partial charge < -0.3 is 10.6 Å². The van der Waals surface area contributed by atoms with Gasteiger partial charge in [-0.05, 0) is 32.1 Å². The number of hydrogen-bond acceptors (Lipinski definition) is 3. The fourth-order valence-corrected chi connectivity index (χ4v) is 1.60. The highest BCUT2D eigenvalue weighted by atomic mass is 15.3. The van der Waals surface area contributed by atoms with Crippen LogP contribution in [0, 0.1) is 0 Å². The van der Waals surface area contributed by atoms with Crippen molar-refractivity contribution in [1.29, 1.82) is 0 Å². The molecule has 1 aliphatic heterocycles. The molecule has 0 aliphatic carbocycles. The second-order valence-electron chi connectivity index (χ2n) is 3.66. The summed E-state index contributed by atoms with van der Waals surface area (Å²) in [6.45, 7) is 4.04. The van der Waals surface area contributed by atoms with E-state index in [1.54, 1.807) is 0 Å². The first-order valence-electron chi connectivity index (χ1n) is 5.05. The summed E-state index contributed by atoms with van der Waals surface area (Å²) >= 11 is 0. The fraction of sp³-hybridized carbons (Fsp3) is 0.250. The molecule has 3 nitrogen and oxygen atoms in total. The molecular weight excluding hydrogens is 186 g/mol. The second-order valence-corrected chi connectivity index (χ2v) is 3.66. The number of benzene rings is 1. The number of nitrogens with one attached hydrogen (secondary N) is 2. The third-order valence-electron chi connectivity index (χ3n) is 2.20. The zero-order chi connectivity index (χ0) is 10.7. The van der Waals surface area contributed by atoms with Gasteiger partial charge in [0.25, 0.3) is 0 Å². The zero-order valence-electron chi connectivity index (χ0n) is 8.99. The lowest BCUT2D eigenvalue weighted by atomic mass is 10.3. The molecular formula is C12H15N3. The molecule has 15 heavy (non-hydrogen) atoms. The van der Waals surface area contributed by atoms with E-state index in [0.29, 0.717) is 0 Å². The molecule has 3 heteroatoms. The Balaban J connectivity index is 2.06. The van der Waals surface area contributed by atoms with Gasteiger partial charge >= 0.3 is 0 Å². The van der Waals surface area contributed by atoms with Crippen molar-refractivity contribution in [2.24, 2.45) is 4.99 Å². The van der Waals surface area contributed by atoms with Crippen LogP contribution in [-0.2, 0) is 0 Å². The van der Waals surface area contributed by atoms with Crippen molar-refractivity contribution in [3.05, 3.63) is 42.1 Å². The summed E-state index contributed by atoms with van der Waals surface area (Å²) in [7, 11) is 0. The summed E-state index contributed by atoms with van der Waals surface area (Å²) in [6.07, 6.45) is 1.97. The maximum atomic E-state index is 4.45. The maximum Gasteiger partial charge on any atom is 0.194 e. The normalized spacial score (nSPS) is 20.0. The van der Waals surface area contributed by atoms with Crippen LogP contribution in [0.2, 0.25) is 0 Å². The number of rotatable bonds is 2. The average molecular weight is 201 g/mol. The molecule has 1 unspecified atom stereocenters. The van der Waals surface area contributed by atoms with E-state index in [4.69, 9.17) is 0 Å². The summed E-state index contributed by atoms with van der Waals surface area (Å²) < 4.78 is 0. The van der Waals surface area contributed by atoms with Crippen LogP contribution in [0.15, 0.2) is 47.1 Å². The Morgan fingerprint density at radius 2 is 1.93 bits per heavy atom. The van der Waals surface area contributed by atoms with E-state index in [2.05, 4.69) is 15.6 Å². The average Bonchev–Trinajstić information content (AvgIpc) is 2.17. The Morgan fingerprint density at radius 3 is 2.60 bits per heavy atom. The first-order valence-corrected chi connectivity index (χ1v) is 5.05. The molecule has 0 spiro atoms. The Bertz CT molecular complexity index is 393. The van der Waals surface area contributed by atoms with Gasteiger partial charge in [-0.3, -0.25) is 0 Å². The Labute approximate surface area is 89.9 Å².